The fourth-order valence-corrected chi connectivity index (χ4v) is 2.46. The lowest BCUT2D eigenvalue weighted by Crippen LogP contribution is -2.03. The number of ether oxygens (including phenoxy) is 1. The number of rotatable bonds is 8. The number of aryl methyl sites for hydroxylation is 2. The highest BCUT2D eigenvalue weighted by atomic mass is 32.1. The third-order valence-corrected chi connectivity index (χ3v) is 3.67. The van der Waals surface area contributed by atoms with Gasteiger partial charge in [0.25, 0.3) is 0 Å². The molecule has 0 amide bonds. The summed E-state index contributed by atoms with van der Waals surface area (Å²) in [5.74, 6) is -1.54. The van der Waals surface area contributed by atoms with Crippen LogP contribution >= 0.6 is 11.3 Å². The summed E-state index contributed by atoms with van der Waals surface area (Å²) in [6.07, 6.45) is 3.69. The van der Waals surface area contributed by atoms with Gasteiger partial charge in [-0.3, -0.25) is 4.68 Å². The summed E-state index contributed by atoms with van der Waals surface area (Å²) in [5.41, 5.74) is -0.0665. The highest BCUT2D eigenvalue weighted by Crippen LogP contribution is 2.13. The normalized spacial score (nSPS) is 10.6. The number of unbranched alkanes of at least 4 members (excludes halogenated alkanes) is 1. The predicted octanol–water partition coefficient (Wildman–Crippen LogP) is 1.03. The molecule has 0 aliphatic heterocycles. The van der Waals surface area contributed by atoms with Crippen molar-refractivity contribution in [3.05, 3.63) is 21.9 Å². The van der Waals surface area contributed by atoms with Crippen LogP contribution in [0.3, 0.4) is 0 Å². The van der Waals surface area contributed by atoms with Gasteiger partial charge in [0.2, 0.25) is 5.01 Å². The van der Waals surface area contributed by atoms with Crippen LogP contribution in [0.15, 0.2) is 6.20 Å². The van der Waals surface area contributed by atoms with Gasteiger partial charge in [-0.15, -0.1) is 15.3 Å². The molecule has 0 bridgehead atoms. The van der Waals surface area contributed by atoms with Crippen molar-refractivity contribution < 1.29 is 19.4 Å². The maximum absolute atomic E-state index is 11.4. The van der Waals surface area contributed by atoms with Crippen LogP contribution in [0.25, 0.3) is 0 Å². The molecular formula is C12H15N5O4S. The molecule has 9 nitrogen and oxygen atoms in total. The van der Waals surface area contributed by atoms with Gasteiger partial charge in [0, 0.05) is 13.0 Å². The van der Waals surface area contributed by atoms with Gasteiger partial charge in [0.15, 0.2) is 5.69 Å². The lowest BCUT2D eigenvalue weighted by molar-refractivity contribution is 0.0524. The number of carboxylic acids is 1. The quantitative estimate of drug-likeness (QED) is 0.564. The molecule has 0 saturated heterocycles. The van der Waals surface area contributed by atoms with Gasteiger partial charge in [0.1, 0.15) is 5.01 Å². The first-order valence-electron chi connectivity index (χ1n) is 6.73. The average molecular weight is 325 g/mol. The number of aromatic carboxylic acids is 1. The van der Waals surface area contributed by atoms with E-state index in [4.69, 9.17) is 9.84 Å². The van der Waals surface area contributed by atoms with Crippen LogP contribution in [0.1, 0.15) is 45.1 Å². The highest BCUT2D eigenvalue weighted by Gasteiger charge is 2.13. The second kappa shape index (κ2) is 7.59. The van der Waals surface area contributed by atoms with Gasteiger partial charge in [0.05, 0.1) is 12.8 Å². The van der Waals surface area contributed by atoms with Crippen LogP contribution in [-0.2, 0) is 17.7 Å². The molecule has 0 aliphatic carbocycles. The van der Waals surface area contributed by atoms with Crippen molar-refractivity contribution in [2.24, 2.45) is 0 Å². The van der Waals surface area contributed by atoms with Crippen molar-refractivity contribution in [1.82, 2.24) is 25.2 Å². The molecule has 118 valence electrons. The summed E-state index contributed by atoms with van der Waals surface area (Å²) in [5, 5.41) is 24.8. The molecule has 2 aromatic rings. The Balaban J connectivity index is 1.74. The Kier molecular flexibility index (Phi) is 5.53. The summed E-state index contributed by atoms with van der Waals surface area (Å²) >= 11 is 1.23. The molecule has 0 radical (unpaired) electrons. The van der Waals surface area contributed by atoms with E-state index in [1.165, 1.54) is 22.2 Å². The van der Waals surface area contributed by atoms with E-state index in [-0.39, 0.29) is 10.7 Å². The van der Waals surface area contributed by atoms with E-state index in [1.54, 1.807) is 6.92 Å². The summed E-state index contributed by atoms with van der Waals surface area (Å²) in [4.78, 5) is 22.1. The summed E-state index contributed by atoms with van der Waals surface area (Å²) in [6.45, 7) is 2.62. The van der Waals surface area contributed by atoms with Gasteiger partial charge in [-0.2, -0.15) is 0 Å². The van der Waals surface area contributed by atoms with Crippen molar-refractivity contribution in [2.75, 3.05) is 6.61 Å². The molecule has 2 heterocycles. The zero-order chi connectivity index (χ0) is 15.9. The first-order valence-corrected chi connectivity index (χ1v) is 7.54. The molecular weight excluding hydrogens is 310 g/mol. The van der Waals surface area contributed by atoms with Crippen molar-refractivity contribution in [1.29, 1.82) is 0 Å². The topological polar surface area (TPSA) is 120 Å². The zero-order valence-electron chi connectivity index (χ0n) is 11.9. The number of carbonyl (C=O) groups excluding carboxylic acids is 1. The Morgan fingerprint density at radius 3 is 2.82 bits per heavy atom. The number of nitrogens with zero attached hydrogens (tertiary/aromatic N) is 5. The van der Waals surface area contributed by atoms with Crippen LogP contribution in [0.5, 0.6) is 0 Å². The first kappa shape index (κ1) is 16.0. The fraction of sp³-hybridized carbons (Fsp3) is 0.500. The third kappa shape index (κ3) is 4.32. The largest absolute Gasteiger partial charge is 0.476 e. The molecule has 0 aliphatic rings. The zero-order valence-corrected chi connectivity index (χ0v) is 12.7. The first-order chi connectivity index (χ1) is 10.6. The van der Waals surface area contributed by atoms with Crippen molar-refractivity contribution in [3.63, 3.8) is 0 Å². The van der Waals surface area contributed by atoms with Crippen molar-refractivity contribution in [2.45, 2.75) is 32.7 Å². The minimum Gasteiger partial charge on any atom is -0.476 e. The van der Waals surface area contributed by atoms with E-state index in [2.05, 4.69) is 20.5 Å². The molecule has 0 fully saturated rings. The summed E-state index contributed by atoms with van der Waals surface area (Å²) < 4.78 is 6.34. The fourth-order valence-electron chi connectivity index (χ4n) is 1.69. The molecule has 2 rings (SSSR count). The van der Waals surface area contributed by atoms with Gasteiger partial charge in [-0.25, -0.2) is 9.59 Å². The lowest BCUT2D eigenvalue weighted by Gasteiger charge is -1.98. The minimum atomic E-state index is -1.09. The van der Waals surface area contributed by atoms with E-state index < -0.39 is 11.9 Å². The number of esters is 1. The SMILES string of the molecule is CCOC(=O)c1nnc(CCCCn2cc(C(=O)O)nn2)s1. The number of carbonyl (C=O) groups is 2. The number of hydrogen-bond donors (Lipinski definition) is 1. The number of carboxylic acid groups (broad SMARTS) is 1. The molecule has 0 saturated carbocycles. The summed E-state index contributed by atoms with van der Waals surface area (Å²) in [7, 11) is 0. The van der Waals surface area contributed by atoms with Crippen LogP contribution in [0, 0.1) is 0 Å². The maximum Gasteiger partial charge on any atom is 0.369 e. The molecule has 0 aromatic carbocycles. The molecule has 0 unspecified atom stereocenters. The molecule has 22 heavy (non-hydrogen) atoms. The van der Waals surface area contributed by atoms with Crippen molar-refractivity contribution in [3.8, 4) is 0 Å². The standard InChI is InChI=1S/C12H15N5O4S/c1-2-21-12(20)10-15-14-9(22-10)5-3-4-6-17-7-8(11(18)19)13-16-17/h7H,2-6H2,1H3,(H,18,19). The predicted molar refractivity (Wildman–Crippen MR) is 75.8 cm³/mol. The van der Waals surface area contributed by atoms with E-state index in [1.807, 2.05) is 0 Å². The Morgan fingerprint density at radius 1 is 1.32 bits per heavy atom. The van der Waals surface area contributed by atoms with Crippen LogP contribution < -0.4 is 0 Å². The van der Waals surface area contributed by atoms with Crippen LogP contribution in [-0.4, -0.2) is 48.8 Å². The monoisotopic (exact) mass is 325 g/mol. The lowest BCUT2D eigenvalue weighted by atomic mass is 10.2. The second-order valence-electron chi connectivity index (χ2n) is 4.35. The Hall–Kier alpha value is -2.36. The maximum atomic E-state index is 11.4. The molecule has 10 heteroatoms. The molecule has 0 spiro atoms. The Bertz CT molecular complexity index is 653. The smallest absolute Gasteiger partial charge is 0.369 e. The highest BCUT2D eigenvalue weighted by molar-refractivity contribution is 7.13. The molecule has 0 atom stereocenters. The van der Waals surface area contributed by atoms with E-state index >= 15 is 0 Å². The third-order valence-electron chi connectivity index (χ3n) is 2.70. The Labute approximate surface area is 129 Å². The minimum absolute atomic E-state index is 0.0665. The van der Waals surface area contributed by atoms with E-state index in [0.29, 0.717) is 19.6 Å². The molecule has 2 aromatic heterocycles. The second-order valence-corrected chi connectivity index (χ2v) is 5.41. The van der Waals surface area contributed by atoms with Crippen LogP contribution in [0.4, 0.5) is 0 Å². The van der Waals surface area contributed by atoms with E-state index in [0.717, 1.165) is 17.8 Å². The molecule has 1 N–H and O–H groups in total. The van der Waals surface area contributed by atoms with E-state index in [9.17, 15) is 9.59 Å². The van der Waals surface area contributed by atoms with Gasteiger partial charge in [-0.05, 0) is 19.8 Å². The number of aromatic nitrogens is 5. The van der Waals surface area contributed by atoms with Crippen LogP contribution in [0.2, 0.25) is 0 Å². The number of hydrogen-bond acceptors (Lipinski definition) is 8. The summed E-state index contributed by atoms with van der Waals surface area (Å²) in [6, 6.07) is 0. The van der Waals surface area contributed by atoms with Crippen molar-refractivity contribution >= 4 is 23.3 Å². The average Bonchev–Trinajstić information content (AvgIpc) is 3.13. The van der Waals surface area contributed by atoms with Gasteiger partial charge < -0.3 is 9.84 Å². The van der Waals surface area contributed by atoms with Gasteiger partial charge >= 0.3 is 11.9 Å². The Morgan fingerprint density at radius 2 is 2.14 bits per heavy atom. The van der Waals surface area contributed by atoms with Gasteiger partial charge in [-0.1, -0.05) is 16.6 Å².